The number of carbonyl (C=O) groups is 1. The van der Waals surface area contributed by atoms with Crippen molar-refractivity contribution in [2.75, 3.05) is 19.8 Å². The average molecular weight is 412 g/mol. The van der Waals surface area contributed by atoms with Crippen molar-refractivity contribution in [2.24, 2.45) is 5.41 Å². The predicted octanol–water partition coefficient (Wildman–Crippen LogP) is 4.11. The topological polar surface area (TPSA) is 47.4 Å². The fourth-order valence-electron chi connectivity index (χ4n) is 3.51. The Bertz CT molecular complexity index is 839. The molecule has 1 aromatic heterocycles. The molecular formula is C20H24ClF2N3O2. The average Bonchev–Trinajstić information content (AvgIpc) is 2.93. The smallest absolute Gasteiger partial charge is 0.261 e. The van der Waals surface area contributed by atoms with E-state index in [0.717, 1.165) is 23.4 Å². The Balaban J connectivity index is 1.79. The van der Waals surface area contributed by atoms with Gasteiger partial charge in [-0.1, -0.05) is 37.6 Å². The van der Waals surface area contributed by atoms with E-state index in [2.05, 4.69) is 18.9 Å². The molecule has 1 amide bonds. The van der Waals surface area contributed by atoms with Gasteiger partial charge >= 0.3 is 0 Å². The van der Waals surface area contributed by atoms with E-state index in [9.17, 15) is 13.6 Å². The number of alkyl halides is 2. The van der Waals surface area contributed by atoms with E-state index in [1.54, 1.807) is 11.1 Å². The molecule has 28 heavy (non-hydrogen) atoms. The summed E-state index contributed by atoms with van der Waals surface area (Å²) in [6.07, 6.45) is 0.0642. The molecule has 5 nitrogen and oxygen atoms in total. The van der Waals surface area contributed by atoms with Crippen molar-refractivity contribution in [2.45, 2.75) is 39.7 Å². The number of nitrogens with zero attached hydrogens (tertiary/aromatic N) is 3. The third-order valence-corrected chi connectivity index (χ3v) is 5.04. The summed E-state index contributed by atoms with van der Waals surface area (Å²) in [5.41, 5.74) is 2.63. The van der Waals surface area contributed by atoms with E-state index in [1.807, 2.05) is 28.9 Å². The Morgan fingerprint density at radius 1 is 1.36 bits per heavy atom. The number of benzene rings is 1. The van der Waals surface area contributed by atoms with Crippen LogP contribution in [0.4, 0.5) is 8.78 Å². The van der Waals surface area contributed by atoms with E-state index in [4.69, 9.17) is 16.3 Å². The van der Waals surface area contributed by atoms with Crippen molar-refractivity contribution in [1.82, 2.24) is 14.7 Å². The first kappa shape index (κ1) is 20.7. The fraction of sp³-hybridized carbons (Fsp3) is 0.500. The molecule has 0 bridgehead atoms. The molecule has 0 atom stereocenters. The number of halogens is 3. The van der Waals surface area contributed by atoms with Crippen molar-refractivity contribution in [3.63, 3.8) is 0 Å². The van der Waals surface area contributed by atoms with E-state index >= 15 is 0 Å². The molecule has 0 fully saturated rings. The Morgan fingerprint density at radius 3 is 2.82 bits per heavy atom. The lowest BCUT2D eigenvalue weighted by molar-refractivity contribution is -0.134. The third kappa shape index (κ3) is 4.89. The molecule has 152 valence electrons. The van der Waals surface area contributed by atoms with Gasteiger partial charge in [0.25, 0.3) is 6.43 Å². The highest BCUT2D eigenvalue weighted by Gasteiger charge is 2.32. The van der Waals surface area contributed by atoms with Gasteiger partial charge in [0.15, 0.2) is 0 Å². The molecule has 2 aromatic rings. The second-order valence-electron chi connectivity index (χ2n) is 7.79. The van der Waals surface area contributed by atoms with Gasteiger partial charge in [0.1, 0.15) is 6.61 Å². The highest BCUT2D eigenvalue weighted by Crippen LogP contribution is 2.33. The van der Waals surface area contributed by atoms with Gasteiger partial charge in [0.2, 0.25) is 5.91 Å². The van der Waals surface area contributed by atoms with E-state index in [1.165, 1.54) is 0 Å². The summed E-state index contributed by atoms with van der Waals surface area (Å²) in [5, 5.41) is 5.12. The molecular weight excluding hydrogens is 388 g/mol. The van der Waals surface area contributed by atoms with Gasteiger partial charge in [-0.2, -0.15) is 5.10 Å². The number of hydrogen-bond donors (Lipinski definition) is 0. The minimum Gasteiger partial charge on any atom is -0.375 e. The molecule has 0 saturated heterocycles. The maximum absolute atomic E-state index is 12.6. The summed E-state index contributed by atoms with van der Waals surface area (Å²) in [7, 11) is 0. The van der Waals surface area contributed by atoms with Crippen molar-refractivity contribution < 1.29 is 18.3 Å². The zero-order valence-corrected chi connectivity index (χ0v) is 16.8. The SMILES string of the molecule is CC1(C)Cc2c(cnn2-c2ccccc2Cl)CN(C(=O)CCOCC(F)F)C1. The Morgan fingerprint density at radius 2 is 2.11 bits per heavy atom. The van der Waals surface area contributed by atoms with Crippen LogP contribution in [0.25, 0.3) is 5.69 Å². The molecule has 0 spiro atoms. The molecule has 2 heterocycles. The first-order valence-electron chi connectivity index (χ1n) is 9.21. The minimum atomic E-state index is -2.52. The summed E-state index contributed by atoms with van der Waals surface area (Å²) < 4.78 is 31.0. The van der Waals surface area contributed by atoms with Crippen LogP contribution in [0.3, 0.4) is 0 Å². The molecule has 1 aliphatic rings. The van der Waals surface area contributed by atoms with Crippen LogP contribution in [0.5, 0.6) is 0 Å². The first-order valence-corrected chi connectivity index (χ1v) is 9.59. The predicted molar refractivity (Wildman–Crippen MR) is 103 cm³/mol. The van der Waals surface area contributed by atoms with Crippen molar-refractivity contribution >= 4 is 17.5 Å². The number of amides is 1. The molecule has 8 heteroatoms. The lowest BCUT2D eigenvalue weighted by atomic mass is 9.87. The number of hydrogen-bond acceptors (Lipinski definition) is 3. The number of para-hydroxylation sites is 1. The van der Waals surface area contributed by atoms with Gasteiger partial charge in [-0.05, 0) is 24.0 Å². The van der Waals surface area contributed by atoms with Gasteiger partial charge in [0, 0.05) is 24.3 Å². The van der Waals surface area contributed by atoms with Crippen LogP contribution in [0, 0.1) is 5.41 Å². The Kier molecular flexibility index (Phi) is 6.35. The van der Waals surface area contributed by atoms with E-state index in [0.29, 0.717) is 18.1 Å². The number of fused-ring (bicyclic) bond motifs is 1. The van der Waals surface area contributed by atoms with Gasteiger partial charge < -0.3 is 9.64 Å². The minimum absolute atomic E-state index is 0.00809. The number of aromatic nitrogens is 2. The third-order valence-electron chi connectivity index (χ3n) is 4.72. The summed E-state index contributed by atoms with van der Waals surface area (Å²) in [5.74, 6) is -0.110. The second kappa shape index (κ2) is 8.57. The second-order valence-corrected chi connectivity index (χ2v) is 8.19. The highest BCUT2D eigenvalue weighted by molar-refractivity contribution is 6.32. The van der Waals surface area contributed by atoms with E-state index in [-0.39, 0.29) is 24.3 Å². The monoisotopic (exact) mass is 411 g/mol. The van der Waals surface area contributed by atoms with Crippen LogP contribution in [0.15, 0.2) is 30.5 Å². The Labute approximate surface area is 168 Å². The summed E-state index contributed by atoms with van der Waals surface area (Å²) in [4.78, 5) is 14.4. The molecule has 3 rings (SSSR count). The van der Waals surface area contributed by atoms with Crippen LogP contribution in [-0.4, -0.2) is 46.8 Å². The molecule has 1 aliphatic heterocycles. The van der Waals surface area contributed by atoms with Crippen LogP contribution < -0.4 is 0 Å². The lowest BCUT2D eigenvalue weighted by Crippen LogP contribution is -2.38. The van der Waals surface area contributed by atoms with Gasteiger partial charge in [-0.3, -0.25) is 4.79 Å². The van der Waals surface area contributed by atoms with Gasteiger partial charge in [-0.15, -0.1) is 0 Å². The maximum atomic E-state index is 12.6. The van der Waals surface area contributed by atoms with Crippen LogP contribution in [0.2, 0.25) is 5.02 Å². The molecule has 0 N–H and O–H groups in total. The van der Waals surface area contributed by atoms with Crippen LogP contribution in [-0.2, 0) is 22.5 Å². The van der Waals surface area contributed by atoms with Crippen molar-refractivity contribution in [3.05, 3.63) is 46.7 Å². The van der Waals surface area contributed by atoms with E-state index < -0.39 is 13.0 Å². The lowest BCUT2D eigenvalue weighted by Gasteiger charge is -2.30. The van der Waals surface area contributed by atoms with Crippen molar-refractivity contribution in [1.29, 1.82) is 0 Å². The number of carbonyl (C=O) groups excluding carboxylic acids is 1. The zero-order valence-electron chi connectivity index (χ0n) is 16.0. The van der Waals surface area contributed by atoms with Crippen LogP contribution in [0.1, 0.15) is 31.5 Å². The van der Waals surface area contributed by atoms with Crippen molar-refractivity contribution in [3.8, 4) is 5.69 Å². The molecule has 0 radical (unpaired) electrons. The first-order chi connectivity index (χ1) is 13.3. The number of rotatable bonds is 6. The molecule has 1 aromatic carbocycles. The molecule has 0 aliphatic carbocycles. The standard InChI is InChI=1S/C20H24ClF2N3O2/c1-20(2)9-17-14(10-24-26(17)16-6-4-3-5-15(16)21)11-25(13-20)19(27)7-8-28-12-18(22)23/h3-6,10,18H,7-9,11-13H2,1-2H3. The summed E-state index contributed by atoms with van der Waals surface area (Å²) in [6.45, 7) is 4.54. The fourth-order valence-corrected chi connectivity index (χ4v) is 3.73. The van der Waals surface area contributed by atoms with Crippen LogP contribution >= 0.6 is 11.6 Å². The molecule has 0 unspecified atom stereocenters. The van der Waals surface area contributed by atoms with Gasteiger partial charge in [-0.25, -0.2) is 13.5 Å². The largest absolute Gasteiger partial charge is 0.375 e. The van der Waals surface area contributed by atoms with Gasteiger partial charge in [0.05, 0.1) is 29.9 Å². The quantitative estimate of drug-likeness (QED) is 0.672. The Hall–Kier alpha value is -1.99. The summed E-state index contributed by atoms with van der Waals surface area (Å²) in [6, 6.07) is 7.51. The highest BCUT2D eigenvalue weighted by atomic mass is 35.5. The maximum Gasteiger partial charge on any atom is 0.261 e. The zero-order chi connectivity index (χ0) is 20.3. The summed E-state index contributed by atoms with van der Waals surface area (Å²) >= 11 is 6.35. The normalized spacial score (nSPS) is 16.1. The molecule has 0 saturated carbocycles. The number of ether oxygens (including phenoxy) is 1.